The standard InChI is InChI=1S/C60H99N15O17S2/c1-30-25-39(71-53(89)45(31(2)77)73-50(86)38(28-44(82)83)69-51(87)40(29-76)72-52(88)41(16-14-24-65-57(63)64)74(11)56(92)46(59(7,8)93)66-32(3)78)55(91)75(30)47(60(9,10)94)54(90)70-37(26-33-17-19-34(20-18-33)58(4,5)6)49(85)67-35(21-22-43(80)81)27-42(79)68-36(48(62)84)15-12-13-23-61/h17-20,30-31,35-41,45-47,76-77,93-94H,12-16,21-29,61H2,1-11H3,(H2,62,84)(H,66,78)(H,67,85)(H,68,79)(H,69,87)(H,70,90)(H,71,89)(H,72,88)(H,73,86)(H,80,81)(H,82,83)(H4,63,64,65)/t30?,31?,35-,36+,37-,38-,39-,40-,41-,45-,46+,47+/m0/s1. The Kier molecular flexibility index (Phi) is 32.7. The molecule has 0 bridgehead atoms. The number of hydrogen-bond donors (Lipinski definition) is 19. The van der Waals surface area contributed by atoms with Crippen LogP contribution in [0.5, 0.6) is 0 Å². The maximum atomic E-state index is 14.9. The van der Waals surface area contributed by atoms with Crippen LogP contribution < -0.4 is 65.1 Å². The molecule has 1 fully saturated rings. The van der Waals surface area contributed by atoms with Gasteiger partial charge in [-0.25, -0.2) is 0 Å². The number of likely N-dealkylation sites (tertiary alicyclic amines) is 1. The van der Waals surface area contributed by atoms with E-state index in [0.717, 1.165) is 29.2 Å². The van der Waals surface area contributed by atoms with E-state index >= 15 is 0 Å². The first-order chi connectivity index (χ1) is 43.4. The quantitative estimate of drug-likeness (QED) is 0.0132. The third-order valence-electron chi connectivity index (χ3n) is 15.4. The van der Waals surface area contributed by atoms with Crippen LogP contribution in [0.1, 0.15) is 145 Å². The number of primary amides is 1. The van der Waals surface area contributed by atoms with Gasteiger partial charge in [0.2, 0.25) is 65.0 Å². The van der Waals surface area contributed by atoms with Crippen molar-refractivity contribution in [1.82, 2.24) is 57.7 Å². The zero-order valence-corrected chi connectivity index (χ0v) is 57.0. The lowest BCUT2D eigenvalue weighted by Gasteiger charge is -2.39. The maximum absolute atomic E-state index is 14.9. The Labute approximate surface area is 558 Å². The topological polar surface area (TPSA) is 519 Å². The normalized spacial score (nSPS) is 17.3. The summed E-state index contributed by atoms with van der Waals surface area (Å²) >= 11 is 9.17. The Hall–Kier alpha value is -7.82. The fraction of sp³-hybridized carbons (Fsp3) is 0.667. The molecule has 34 heteroatoms. The first-order valence-electron chi connectivity index (χ1n) is 30.8. The summed E-state index contributed by atoms with van der Waals surface area (Å²) in [4.78, 5) is 178. The highest BCUT2D eigenvalue weighted by molar-refractivity contribution is 7.82. The van der Waals surface area contributed by atoms with Gasteiger partial charge in [-0.1, -0.05) is 45.0 Å². The number of benzene rings is 1. The molecular formula is C60H99N15O17S2. The summed E-state index contributed by atoms with van der Waals surface area (Å²) in [5.74, 6) is -13.8. The Morgan fingerprint density at radius 3 is 1.79 bits per heavy atom. The van der Waals surface area contributed by atoms with Crippen LogP contribution in [0.3, 0.4) is 0 Å². The number of aliphatic hydroxyl groups excluding tert-OH is 2. The van der Waals surface area contributed by atoms with E-state index in [9.17, 15) is 82.8 Å². The summed E-state index contributed by atoms with van der Waals surface area (Å²) in [6.45, 7) is 15.1. The van der Waals surface area contributed by atoms with Gasteiger partial charge in [0.25, 0.3) is 0 Å². The number of hydrogen-bond acceptors (Lipinski definition) is 19. The molecule has 1 aromatic rings. The maximum Gasteiger partial charge on any atom is 0.305 e. The van der Waals surface area contributed by atoms with Gasteiger partial charge >= 0.3 is 11.9 Å². The van der Waals surface area contributed by atoms with Gasteiger partial charge in [-0.2, -0.15) is 25.3 Å². The van der Waals surface area contributed by atoms with Crippen LogP contribution in [-0.4, -0.2) is 222 Å². The van der Waals surface area contributed by atoms with Gasteiger partial charge < -0.3 is 95.3 Å². The first-order valence-corrected chi connectivity index (χ1v) is 31.7. The third-order valence-corrected chi connectivity index (χ3v) is 15.9. The molecule has 1 saturated heterocycles. The molecule has 20 N–H and O–H groups in total. The van der Waals surface area contributed by atoms with E-state index in [0.29, 0.717) is 24.9 Å². The molecule has 1 heterocycles. The van der Waals surface area contributed by atoms with Crippen molar-refractivity contribution in [2.45, 2.75) is 227 Å². The molecule has 0 saturated carbocycles. The van der Waals surface area contributed by atoms with E-state index in [1.807, 2.05) is 32.9 Å². The van der Waals surface area contributed by atoms with Crippen LogP contribution in [0.25, 0.3) is 0 Å². The summed E-state index contributed by atoms with van der Waals surface area (Å²) < 4.78 is -2.59. The van der Waals surface area contributed by atoms with Crippen LogP contribution in [-0.2, 0) is 74.2 Å². The number of carbonyl (C=O) groups is 13. The van der Waals surface area contributed by atoms with E-state index in [-0.39, 0.29) is 50.5 Å². The highest BCUT2D eigenvalue weighted by Gasteiger charge is 2.50. The fourth-order valence-electron chi connectivity index (χ4n) is 10.3. The third kappa shape index (κ3) is 26.9. The van der Waals surface area contributed by atoms with Crippen molar-refractivity contribution in [3.63, 3.8) is 0 Å². The van der Waals surface area contributed by atoms with Gasteiger partial charge in [-0.15, -0.1) is 0 Å². The summed E-state index contributed by atoms with van der Waals surface area (Å²) in [5.41, 5.74) is 17.8. The number of nitrogens with two attached hydrogens (primary N) is 3. The number of amides is 11. The number of carbonyl (C=O) groups excluding carboxylic acids is 11. The number of guanidine groups is 1. The lowest BCUT2D eigenvalue weighted by atomic mass is 9.86. The van der Waals surface area contributed by atoms with E-state index in [2.05, 4.69) is 60.5 Å². The first kappa shape index (κ1) is 82.3. The van der Waals surface area contributed by atoms with Gasteiger partial charge in [0.15, 0.2) is 5.96 Å². The molecule has 528 valence electrons. The fourth-order valence-corrected chi connectivity index (χ4v) is 10.7. The number of unbranched alkanes of at least 4 members (excludes halogenated alkanes) is 1. The lowest BCUT2D eigenvalue weighted by molar-refractivity contribution is -0.144. The SMILES string of the molecule is CC(=O)N[C@H](C(=O)N(C)[C@@H](CCCNC(=N)N)C(=O)N[C@@H](CO)C(=O)N[C@@H](CC(=O)O)C(=O)N[C@H](C(=O)N[C@H]1CC(C)N([C@H](C(=O)N[C@@H](Cc2ccc(C(C)(C)C)cc2)C(=O)N[C@@H](CCC(=O)O)CC(=O)N[C@H](CCCCN)C(N)=O)C(C)(C)S)C1=O)C(C)O)C(C)(C)S. The molecular weight excluding hydrogens is 1270 g/mol. The van der Waals surface area contributed by atoms with Crippen molar-refractivity contribution < 1.29 is 82.8 Å². The molecule has 94 heavy (non-hydrogen) atoms. The Morgan fingerprint density at radius 1 is 0.713 bits per heavy atom. The monoisotopic (exact) mass is 1370 g/mol. The molecule has 11 amide bonds. The molecule has 0 aliphatic carbocycles. The molecule has 2 rings (SSSR count). The number of nitrogens with one attached hydrogen (secondary N) is 10. The minimum atomic E-state index is -2.07. The second-order valence-electron chi connectivity index (χ2n) is 25.7. The van der Waals surface area contributed by atoms with Gasteiger partial charge in [-0.05, 0) is 110 Å². The van der Waals surface area contributed by atoms with Gasteiger partial charge in [0.05, 0.1) is 19.1 Å². The number of rotatable bonds is 39. The zero-order chi connectivity index (χ0) is 71.9. The van der Waals surface area contributed by atoms with E-state index in [1.165, 1.54) is 34.7 Å². The van der Waals surface area contributed by atoms with Crippen molar-refractivity contribution in [2.24, 2.45) is 17.2 Å². The van der Waals surface area contributed by atoms with Gasteiger partial charge in [0.1, 0.15) is 54.4 Å². The number of aliphatic hydroxyl groups is 2. The van der Waals surface area contributed by atoms with Crippen molar-refractivity contribution >= 4 is 108 Å². The van der Waals surface area contributed by atoms with Gasteiger partial charge in [0, 0.05) is 61.4 Å². The Morgan fingerprint density at radius 2 is 1.29 bits per heavy atom. The van der Waals surface area contributed by atoms with Crippen molar-refractivity contribution in [3.05, 3.63) is 35.4 Å². The second-order valence-corrected chi connectivity index (χ2v) is 28.0. The lowest BCUT2D eigenvalue weighted by Crippen LogP contribution is -2.63. The molecule has 1 aromatic carbocycles. The largest absolute Gasteiger partial charge is 0.481 e. The number of likely N-dealkylation sites (N-methyl/N-ethyl adjacent to an activating group) is 1. The van der Waals surface area contributed by atoms with Crippen molar-refractivity contribution in [2.75, 3.05) is 26.7 Å². The van der Waals surface area contributed by atoms with Crippen LogP contribution in [0.2, 0.25) is 0 Å². The van der Waals surface area contributed by atoms with E-state index < -0.39 is 191 Å². The molecule has 2 unspecified atom stereocenters. The number of carboxylic acid groups (broad SMARTS) is 2. The molecule has 1 aliphatic heterocycles. The minimum absolute atomic E-state index is 0.0479. The summed E-state index contributed by atoms with van der Waals surface area (Å²) in [7, 11) is 1.24. The van der Waals surface area contributed by atoms with Crippen molar-refractivity contribution in [1.29, 1.82) is 5.41 Å². The van der Waals surface area contributed by atoms with Crippen molar-refractivity contribution in [3.8, 4) is 0 Å². The van der Waals surface area contributed by atoms with Crippen LogP contribution in [0.15, 0.2) is 24.3 Å². The highest BCUT2D eigenvalue weighted by atomic mass is 32.1. The Balaban J connectivity index is 2.50. The molecule has 0 spiro atoms. The minimum Gasteiger partial charge on any atom is -0.481 e. The molecule has 0 aromatic heterocycles. The smallest absolute Gasteiger partial charge is 0.305 e. The number of thiol groups is 2. The number of carboxylic acids is 2. The molecule has 0 radical (unpaired) electrons. The average Bonchev–Trinajstić information content (AvgIpc) is 1.64. The number of aliphatic carboxylic acids is 2. The van der Waals surface area contributed by atoms with Crippen LogP contribution in [0.4, 0.5) is 0 Å². The predicted molar refractivity (Wildman–Crippen MR) is 351 cm³/mol. The highest BCUT2D eigenvalue weighted by Crippen LogP contribution is 2.32. The zero-order valence-electron chi connectivity index (χ0n) is 55.3. The predicted octanol–water partition coefficient (Wildman–Crippen LogP) is -3.36. The van der Waals surface area contributed by atoms with Crippen LogP contribution >= 0.6 is 25.3 Å². The Bertz CT molecular complexity index is 2870. The molecule has 32 nitrogen and oxygen atoms in total. The van der Waals surface area contributed by atoms with E-state index in [1.54, 1.807) is 19.1 Å². The molecule has 12 atom stereocenters. The second kappa shape index (κ2) is 37.3. The number of nitrogens with zero attached hydrogens (tertiary/aromatic N) is 2. The van der Waals surface area contributed by atoms with Gasteiger partial charge in [-0.3, -0.25) is 67.7 Å². The van der Waals surface area contributed by atoms with E-state index in [4.69, 9.17) is 35.2 Å². The summed E-state index contributed by atoms with van der Waals surface area (Å²) in [6, 6.07) is -9.04. The van der Waals surface area contributed by atoms with Crippen LogP contribution in [0, 0.1) is 5.41 Å². The molecule has 1 aliphatic rings. The summed E-state index contributed by atoms with van der Waals surface area (Å²) in [5, 5.41) is 70.3. The summed E-state index contributed by atoms with van der Waals surface area (Å²) in [6.07, 6.45) is -3.43. The average molecular weight is 1370 g/mol.